The first kappa shape index (κ1) is 21.2. The van der Waals surface area contributed by atoms with Gasteiger partial charge in [-0.05, 0) is 47.7 Å². The lowest BCUT2D eigenvalue weighted by Gasteiger charge is -2.08. The Morgan fingerprint density at radius 2 is 1.54 bits per heavy atom. The third kappa shape index (κ3) is 6.87. The molecule has 2 N–H and O–H groups in total. The Balaban J connectivity index is 1.86. The van der Waals surface area contributed by atoms with Gasteiger partial charge in [0.15, 0.2) is 0 Å². The van der Waals surface area contributed by atoms with Crippen molar-refractivity contribution in [2.45, 2.75) is 26.7 Å². The number of carbonyl (C=O) groups is 3. The molecule has 0 aliphatic carbocycles. The first-order valence-corrected chi connectivity index (χ1v) is 9.20. The smallest absolute Gasteiger partial charge is 0.325 e. The van der Waals surface area contributed by atoms with Gasteiger partial charge in [0.1, 0.15) is 6.54 Å². The molecule has 2 amide bonds. The Morgan fingerprint density at radius 3 is 2.11 bits per heavy atom. The van der Waals surface area contributed by atoms with E-state index in [9.17, 15) is 14.4 Å². The molecule has 6 heteroatoms. The Kier molecular flexibility index (Phi) is 7.75. The number of hydrogen-bond acceptors (Lipinski definition) is 4. The summed E-state index contributed by atoms with van der Waals surface area (Å²) in [4.78, 5) is 35.2. The van der Waals surface area contributed by atoms with E-state index < -0.39 is 5.97 Å². The highest BCUT2D eigenvalue weighted by molar-refractivity contribution is 5.97. The number of benzene rings is 2. The zero-order valence-electron chi connectivity index (χ0n) is 16.5. The summed E-state index contributed by atoms with van der Waals surface area (Å²) in [7, 11) is 1.26. The van der Waals surface area contributed by atoms with Gasteiger partial charge in [-0.1, -0.05) is 38.1 Å². The number of hydrogen-bond donors (Lipinski definition) is 2. The van der Waals surface area contributed by atoms with Crippen molar-refractivity contribution in [2.75, 3.05) is 19.0 Å². The summed E-state index contributed by atoms with van der Waals surface area (Å²) >= 11 is 0. The molecule has 0 saturated carbocycles. The highest BCUT2D eigenvalue weighted by Crippen LogP contribution is 2.13. The van der Waals surface area contributed by atoms with Crippen molar-refractivity contribution in [3.05, 3.63) is 65.2 Å². The summed E-state index contributed by atoms with van der Waals surface area (Å²) in [6, 6.07) is 14.5. The van der Waals surface area contributed by atoms with Crippen molar-refractivity contribution >= 4 is 23.5 Å². The SMILES string of the molecule is COC(=O)CNC(=O)c1ccc(NC(=O)Cc2ccc(CC(C)C)cc2)cc1. The van der Waals surface area contributed by atoms with Crippen molar-refractivity contribution in [2.24, 2.45) is 5.92 Å². The van der Waals surface area contributed by atoms with Crippen molar-refractivity contribution in [1.29, 1.82) is 0 Å². The molecule has 2 rings (SSSR count). The molecule has 0 heterocycles. The van der Waals surface area contributed by atoms with Crippen molar-refractivity contribution in [3.8, 4) is 0 Å². The molecular formula is C22H26N2O4. The Morgan fingerprint density at radius 1 is 0.929 bits per heavy atom. The van der Waals surface area contributed by atoms with Crippen LogP contribution in [0.5, 0.6) is 0 Å². The number of carbonyl (C=O) groups excluding carboxylic acids is 3. The van der Waals surface area contributed by atoms with Crippen molar-refractivity contribution in [1.82, 2.24) is 5.32 Å². The molecule has 0 radical (unpaired) electrons. The lowest BCUT2D eigenvalue weighted by atomic mass is 10.0. The molecule has 2 aromatic carbocycles. The molecular weight excluding hydrogens is 356 g/mol. The minimum Gasteiger partial charge on any atom is -0.468 e. The first-order valence-electron chi connectivity index (χ1n) is 9.20. The van der Waals surface area contributed by atoms with Crippen LogP contribution in [0.1, 0.15) is 35.3 Å². The van der Waals surface area contributed by atoms with E-state index in [2.05, 4.69) is 41.4 Å². The van der Waals surface area contributed by atoms with E-state index in [4.69, 9.17) is 0 Å². The molecule has 0 spiro atoms. The minimum atomic E-state index is -0.519. The predicted molar refractivity (Wildman–Crippen MR) is 108 cm³/mol. The summed E-state index contributed by atoms with van der Waals surface area (Å²) in [6.07, 6.45) is 1.30. The van der Waals surface area contributed by atoms with Gasteiger partial charge < -0.3 is 15.4 Å². The molecule has 0 fully saturated rings. The van der Waals surface area contributed by atoms with Crippen molar-refractivity contribution in [3.63, 3.8) is 0 Å². The summed E-state index contributed by atoms with van der Waals surface area (Å²) in [5.74, 6) is -0.432. The summed E-state index contributed by atoms with van der Waals surface area (Å²) in [5.41, 5.74) is 3.21. The number of ether oxygens (including phenoxy) is 1. The van der Waals surface area contributed by atoms with E-state index in [1.165, 1.54) is 12.7 Å². The Labute approximate surface area is 165 Å². The zero-order chi connectivity index (χ0) is 20.5. The van der Waals surface area contributed by atoms with E-state index in [-0.39, 0.29) is 24.8 Å². The van der Waals surface area contributed by atoms with Crippen LogP contribution in [-0.4, -0.2) is 31.4 Å². The number of methoxy groups -OCH3 is 1. The van der Waals surface area contributed by atoms with E-state index in [1.807, 2.05) is 12.1 Å². The lowest BCUT2D eigenvalue weighted by Crippen LogP contribution is -2.30. The topological polar surface area (TPSA) is 84.5 Å². The number of amides is 2. The van der Waals surface area contributed by atoms with Gasteiger partial charge in [0.2, 0.25) is 5.91 Å². The quantitative estimate of drug-likeness (QED) is 0.688. The van der Waals surface area contributed by atoms with Gasteiger partial charge in [0, 0.05) is 11.3 Å². The second kappa shape index (κ2) is 10.3. The molecule has 0 aliphatic rings. The maximum Gasteiger partial charge on any atom is 0.325 e. The van der Waals surface area contributed by atoms with Gasteiger partial charge >= 0.3 is 5.97 Å². The molecule has 2 aromatic rings. The standard InChI is InChI=1S/C22H26N2O4/c1-15(2)12-16-4-6-17(7-5-16)13-20(25)24-19-10-8-18(9-11-19)22(27)23-14-21(26)28-3/h4-11,15H,12-14H2,1-3H3,(H,23,27)(H,24,25). The largest absolute Gasteiger partial charge is 0.468 e. The van der Waals surface area contributed by atoms with Crippen LogP contribution >= 0.6 is 0 Å². The van der Waals surface area contributed by atoms with Gasteiger partial charge in [-0.15, -0.1) is 0 Å². The molecule has 0 atom stereocenters. The van der Waals surface area contributed by atoms with Crippen LogP contribution in [0.4, 0.5) is 5.69 Å². The average molecular weight is 382 g/mol. The Bertz CT molecular complexity index is 811. The maximum atomic E-state index is 12.2. The molecule has 0 aromatic heterocycles. The average Bonchev–Trinajstić information content (AvgIpc) is 2.67. The van der Waals surface area contributed by atoms with E-state index >= 15 is 0 Å². The maximum absolute atomic E-state index is 12.2. The fourth-order valence-corrected chi connectivity index (χ4v) is 2.69. The Hall–Kier alpha value is -3.15. The van der Waals surface area contributed by atoms with Crippen molar-refractivity contribution < 1.29 is 19.1 Å². The minimum absolute atomic E-state index is 0.125. The van der Waals surface area contributed by atoms with Gasteiger partial charge in [0.05, 0.1) is 13.5 Å². The van der Waals surface area contributed by atoms with Crippen LogP contribution in [0.25, 0.3) is 0 Å². The fraction of sp³-hybridized carbons (Fsp3) is 0.318. The van der Waals surface area contributed by atoms with Gasteiger partial charge in [-0.25, -0.2) is 0 Å². The molecule has 148 valence electrons. The third-order valence-electron chi connectivity index (χ3n) is 4.08. The van der Waals surface area contributed by atoms with E-state index in [0.717, 1.165) is 12.0 Å². The monoisotopic (exact) mass is 382 g/mol. The van der Waals surface area contributed by atoms with Crippen LogP contribution in [-0.2, 0) is 27.2 Å². The molecule has 0 unspecified atom stereocenters. The summed E-state index contributed by atoms with van der Waals surface area (Å²) < 4.78 is 4.47. The second-order valence-electron chi connectivity index (χ2n) is 6.98. The zero-order valence-corrected chi connectivity index (χ0v) is 16.5. The first-order chi connectivity index (χ1) is 13.4. The molecule has 6 nitrogen and oxygen atoms in total. The van der Waals surface area contributed by atoms with Gasteiger partial charge in [0.25, 0.3) is 5.91 Å². The van der Waals surface area contributed by atoms with E-state index in [0.29, 0.717) is 17.2 Å². The summed E-state index contributed by atoms with van der Waals surface area (Å²) in [5, 5.41) is 5.28. The number of nitrogens with one attached hydrogen (secondary N) is 2. The number of esters is 1. The van der Waals surface area contributed by atoms with Gasteiger partial charge in [-0.2, -0.15) is 0 Å². The van der Waals surface area contributed by atoms with Crippen LogP contribution in [0.3, 0.4) is 0 Å². The molecule has 0 aliphatic heterocycles. The van der Waals surface area contributed by atoms with Crippen LogP contribution in [0.2, 0.25) is 0 Å². The lowest BCUT2D eigenvalue weighted by molar-refractivity contribution is -0.139. The summed E-state index contributed by atoms with van der Waals surface area (Å²) in [6.45, 7) is 4.16. The third-order valence-corrected chi connectivity index (χ3v) is 4.08. The van der Waals surface area contributed by atoms with Crippen LogP contribution in [0.15, 0.2) is 48.5 Å². The predicted octanol–water partition coefficient (Wildman–Crippen LogP) is 2.97. The normalized spacial score (nSPS) is 10.4. The van der Waals surface area contributed by atoms with Crippen LogP contribution in [0, 0.1) is 5.92 Å². The van der Waals surface area contributed by atoms with E-state index in [1.54, 1.807) is 24.3 Å². The molecule has 28 heavy (non-hydrogen) atoms. The second-order valence-corrected chi connectivity index (χ2v) is 6.98. The van der Waals surface area contributed by atoms with Gasteiger partial charge in [-0.3, -0.25) is 14.4 Å². The number of rotatable bonds is 8. The molecule has 0 bridgehead atoms. The van der Waals surface area contributed by atoms with Crippen LogP contribution < -0.4 is 10.6 Å². The number of anilines is 1. The molecule has 0 saturated heterocycles. The highest BCUT2D eigenvalue weighted by atomic mass is 16.5. The fourth-order valence-electron chi connectivity index (χ4n) is 2.69. The highest BCUT2D eigenvalue weighted by Gasteiger charge is 2.09.